The fraction of sp³-hybridized carbons (Fsp3) is 0.350. The maximum atomic E-state index is 12.4. The van der Waals surface area contributed by atoms with Crippen LogP contribution in [-0.2, 0) is 6.54 Å². The third-order valence-corrected chi connectivity index (χ3v) is 5.01. The van der Waals surface area contributed by atoms with Gasteiger partial charge >= 0.3 is 6.36 Å². The van der Waals surface area contributed by atoms with Gasteiger partial charge in [-0.3, -0.25) is 9.88 Å². The number of halogens is 3. The number of ether oxygens (including phenoxy) is 1. The van der Waals surface area contributed by atoms with Crippen LogP contribution in [0, 0.1) is 0 Å². The van der Waals surface area contributed by atoms with Gasteiger partial charge in [-0.1, -0.05) is 5.21 Å². The summed E-state index contributed by atoms with van der Waals surface area (Å²) < 4.78 is 42.9. The fourth-order valence-electron chi connectivity index (χ4n) is 3.51. The zero-order valence-corrected chi connectivity index (χ0v) is 16.1. The van der Waals surface area contributed by atoms with Gasteiger partial charge in [0.25, 0.3) is 0 Å². The second-order valence-corrected chi connectivity index (χ2v) is 7.19. The van der Waals surface area contributed by atoms with Crippen LogP contribution in [0.4, 0.5) is 13.2 Å². The average Bonchev–Trinajstić information content (AvgIpc) is 3.13. The van der Waals surface area contributed by atoms with E-state index < -0.39 is 6.36 Å². The molecule has 0 unspecified atom stereocenters. The summed E-state index contributed by atoms with van der Waals surface area (Å²) in [5, 5.41) is 8.65. The van der Waals surface area contributed by atoms with Crippen LogP contribution in [0.3, 0.4) is 0 Å². The van der Waals surface area contributed by atoms with Gasteiger partial charge in [-0.2, -0.15) is 0 Å². The van der Waals surface area contributed by atoms with Crippen molar-refractivity contribution in [3.63, 3.8) is 0 Å². The molecule has 0 amide bonds. The molecule has 1 aromatic carbocycles. The van der Waals surface area contributed by atoms with E-state index in [1.54, 1.807) is 17.1 Å². The highest BCUT2D eigenvalue weighted by atomic mass is 19.4. The Labute approximate surface area is 171 Å². The topological polar surface area (TPSA) is 82.1 Å². The van der Waals surface area contributed by atoms with Crippen LogP contribution < -0.4 is 10.5 Å². The molecule has 0 bridgehead atoms. The predicted molar refractivity (Wildman–Crippen MR) is 104 cm³/mol. The summed E-state index contributed by atoms with van der Waals surface area (Å²) in [6.07, 6.45) is 0.479. The number of nitrogens with zero attached hydrogens (tertiary/aromatic N) is 5. The summed E-state index contributed by atoms with van der Waals surface area (Å²) in [6, 6.07) is 9.49. The highest BCUT2D eigenvalue weighted by Crippen LogP contribution is 2.28. The molecule has 1 aliphatic heterocycles. The van der Waals surface area contributed by atoms with E-state index in [1.807, 2.05) is 12.1 Å². The van der Waals surface area contributed by atoms with Crippen molar-refractivity contribution in [3.05, 3.63) is 54.5 Å². The second-order valence-electron chi connectivity index (χ2n) is 7.19. The van der Waals surface area contributed by atoms with E-state index in [9.17, 15) is 13.2 Å². The molecular weight excluding hydrogens is 397 g/mol. The van der Waals surface area contributed by atoms with E-state index in [4.69, 9.17) is 5.73 Å². The largest absolute Gasteiger partial charge is 0.573 e. The zero-order valence-electron chi connectivity index (χ0n) is 16.1. The van der Waals surface area contributed by atoms with Crippen LogP contribution in [0.25, 0.3) is 16.9 Å². The highest BCUT2D eigenvalue weighted by molar-refractivity contribution is 5.63. The minimum Gasteiger partial charge on any atom is -0.406 e. The van der Waals surface area contributed by atoms with Crippen LogP contribution in [0.15, 0.2) is 48.8 Å². The molecule has 3 aromatic rings. The minimum atomic E-state index is -4.73. The number of nitrogens with two attached hydrogens (primary N) is 1. The molecule has 1 aliphatic rings. The maximum Gasteiger partial charge on any atom is 0.573 e. The molecule has 2 N–H and O–H groups in total. The lowest BCUT2D eigenvalue weighted by atomic mass is 10.1. The number of likely N-dealkylation sites (tertiary alicyclic amines) is 1. The first kappa shape index (κ1) is 20.3. The SMILES string of the molecule is NC1CCN(Cc2nnn(-c3ccc(OC(F)(F)F)cc3)c2-c2ccncc2)CC1. The Balaban J connectivity index is 1.65. The van der Waals surface area contributed by atoms with Crippen molar-refractivity contribution in [1.29, 1.82) is 0 Å². The highest BCUT2D eigenvalue weighted by Gasteiger charge is 2.31. The number of hydrogen-bond acceptors (Lipinski definition) is 6. The third-order valence-electron chi connectivity index (χ3n) is 5.01. The van der Waals surface area contributed by atoms with Gasteiger partial charge in [0.1, 0.15) is 11.4 Å². The molecule has 0 saturated carbocycles. The molecule has 3 heterocycles. The van der Waals surface area contributed by atoms with Crippen LogP contribution >= 0.6 is 0 Å². The van der Waals surface area contributed by atoms with Crippen LogP contribution in [0.2, 0.25) is 0 Å². The molecule has 10 heteroatoms. The fourth-order valence-corrected chi connectivity index (χ4v) is 3.51. The molecule has 30 heavy (non-hydrogen) atoms. The summed E-state index contributed by atoms with van der Waals surface area (Å²) in [6.45, 7) is 2.38. The second kappa shape index (κ2) is 8.41. The van der Waals surface area contributed by atoms with Crippen molar-refractivity contribution in [3.8, 4) is 22.7 Å². The molecular formula is C20H21F3N6O. The Morgan fingerprint density at radius 3 is 2.33 bits per heavy atom. The van der Waals surface area contributed by atoms with Gasteiger partial charge in [0, 0.05) is 43.6 Å². The number of piperidine rings is 1. The number of pyridine rings is 1. The first-order chi connectivity index (χ1) is 14.4. The Morgan fingerprint density at radius 2 is 1.70 bits per heavy atom. The van der Waals surface area contributed by atoms with Crippen molar-refractivity contribution in [1.82, 2.24) is 24.9 Å². The third kappa shape index (κ3) is 4.77. The molecule has 4 rings (SSSR count). The zero-order chi connectivity index (χ0) is 21.1. The average molecular weight is 418 g/mol. The lowest BCUT2D eigenvalue weighted by Crippen LogP contribution is -2.39. The standard InChI is InChI=1S/C20H21F3N6O/c21-20(22,23)30-17-3-1-16(2-4-17)29-19(14-5-9-25-10-6-14)18(26-27-29)13-28-11-7-15(24)8-12-28/h1-6,9-10,15H,7-8,11-13,24H2. The van der Waals surface area contributed by atoms with E-state index in [2.05, 4.69) is 24.9 Å². The van der Waals surface area contributed by atoms with Crippen molar-refractivity contribution in [2.75, 3.05) is 13.1 Å². The van der Waals surface area contributed by atoms with Crippen LogP contribution in [-0.4, -0.2) is 50.4 Å². The number of hydrogen-bond donors (Lipinski definition) is 1. The number of alkyl halides is 3. The molecule has 0 radical (unpaired) electrons. The minimum absolute atomic E-state index is 0.231. The number of aromatic nitrogens is 4. The molecule has 0 spiro atoms. The van der Waals surface area contributed by atoms with Gasteiger partial charge in [-0.05, 0) is 49.2 Å². The normalized spacial score (nSPS) is 16.0. The van der Waals surface area contributed by atoms with E-state index in [0.29, 0.717) is 12.2 Å². The number of benzene rings is 1. The summed E-state index contributed by atoms with van der Waals surface area (Å²) in [4.78, 5) is 6.34. The van der Waals surface area contributed by atoms with Crippen LogP contribution in [0.1, 0.15) is 18.5 Å². The van der Waals surface area contributed by atoms with Gasteiger partial charge in [0.05, 0.1) is 11.4 Å². The summed E-state index contributed by atoms with van der Waals surface area (Å²) in [5.74, 6) is -0.290. The Kier molecular flexibility index (Phi) is 5.69. The van der Waals surface area contributed by atoms with Crippen LogP contribution in [0.5, 0.6) is 5.75 Å². The van der Waals surface area contributed by atoms with Gasteiger partial charge in [-0.15, -0.1) is 18.3 Å². The molecule has 1 saturated heterocycles. The maximum absolute atomic E-state index is 12.4. The summed E-state index contributed by atoms with van der Waals surface area (Å²) in [7, 11) is 0. The molecule has 0 atom stereocenters. The Morgan fingerprint density at radius 1 is 1.03 bits per heavy atom. The predicted octanol–water partition coefficient (Wildman–Crippen LogP) is 3.15. The van der Waals surface area contributed by atoms with E-state index in [-0.39, 0.29) is 11.8 Å². The first-order valence-electron chi connectivity index (χ1n) is 9.58. The van der Waals surface area contributed by atoms with Crippen molar-refractivity contribution in [2.45, 2.75) is 31.8 Å². The van der Waals surface area contributed by atoms with Gasteiger partial charge in [-0.25, -0.2) is 4.68 Å². The quantitative estimate of drug-likeness (QED) is 0.686. The lowest BCUT2D eigenvalue weighted by Gasteiger charge is -2.29. The van der Waals surface area contributed by atoms with Crippen molar-refractivity contribution < 1.29 is 17.9 Å². The molecule has 0 aliphatic carbocycles. The van der Waals surface area contributed by atoms with Crippen molar-refractivity contribution >= 4 is 0 Å². The summed E-state index contributed by atoms with van der Waals surface area (Å²) in [5.41, 5.74) is 9.00. The van der Waals surface area contributed by atoms with E-state index in [1.165, 1.54) is 24.3 Å². The van der Waals surface area contributed by atoms with Gasteiger partial charge < -0.3 is 10.5 Å². The van der Waals surface area contributed by atoms with Crippen molar-refractivity contribution in [2.24, 2.45) is 5.73 Å². The molecule has 1 fully saturated rings. The molecule has 7 nitrogen and oxygen atoms in total. The molecule has 2 aromatic heterocycles. The number of rotatable bonds is 5. The first-order valence-corrected chi connectivity index (χ1v) is 9.58. The summed E-state index contributed by atoms with van der Waals surface area (Å²) >= 11 is 0. The van der Waals surface area contributed by atoms with E-state index >= 15 is 0 Å². The lowest BCUT2D eigenvalue weighted by molar-refractivity contribution is -0.274. The van der Waals surface area contributed by atoms with E-state index in [0.717, 1.165) is 42.9 Å². The Hall–Kier alpha value is -2.98. The van der Waals surface area contributed by atoms with Gasteiger partial charge in [0.15, 0.2) is 0 Å². The smallest absolute Gasteiger partial charge is 0.406 e. The van der Waals surface area contributed by atoms with Gasteiger partial charge in [0.2, 0.25) is 0 Å². The Bertz CT molecular complexity index is 966. The molecule has 158 valence electrons. The monoisotopic (exact) mass is 418 g/mol.